The molecule has 4 rings (SSSR count). The highest BCUT2D eigenvalue weighted by Gasteiger charge is 2.23. The molecule has 1 fully saturated rings. The third-order valence-corrected chi connectivity index (χ3v) is 4.58. The summed E-state index contributed by atoms with van der Waals surface area (Å²) in [5.41, 5.74) is 4.21. The van der Waals surface area contributed by atoms with Gasteiger partial charge in [0.25, 0.3) is 5.91 Å². The van der Waals surface area contributed by atoms with Crippen molar-refractivity contribution >= 4 is 16.7 Å². The molecular weight excluding hydrogens is 326 g/mol. The van der Waals surface area contributed by atoms with Crippen LogP contribution in [0.5, 0.6) is 5.88 Å². The predicted molar refractivity (Wildman–Crippen MR) is 101 cm³/mol. The van der Waals surface area contributed by atoms with Gasteiger partial charge in [-0.15, -0.1) is 10.2 Å². The lowest BCUT2D eigenvalue weighted by molar-refractivity contribution is -0.123. The number of nitrogens with one attached hydrogen (secondary N) is 1. The van der Waals surface area contributed by atoms with Gasteiger partial charge in [-0.05, 0) is 44.4 Å². The molecular formula is C21H21N3O2. The van der Waals surface area contributed by atoms with E-state index in [0.717, 1.165) is 40.4 Å². The molecule has 1 aliphatic carbocycles. The van der Waals surface area contributed by atoms with Crippen LogP contribution in [-0.4, -0.2) is 28.8 Å². The van der Waals surface area contributed by atoms with Gasteiger partial charge < -0.3 is 10.1 Å². The number of nitrogens with zero attached hydrogens (tertiary/aromatic N) is 2. The van der Waals surface area contributed by atoms with Crippen LogP contribution in [0.1, 0.15) is 24.0 Å². The van der Waals surface area contributed by atoms with Crippen LogP contribution < -0.4 is 10.1 Å². The fourth-order valence-electron chi connectivity index (χ4n) is 3.01. The maximum absolute atomic E-state index is 11.9. The molecule has 132 valence electrons. The van der Waals surface area contributed by atoms with E-state index in [9.17, 15) is 4.79 Å². The van der Waals surface area contributed by atoms with Crippen LogP contribution in [0.25, 0.3) is 22.0 Å². The van der Waals surface area contributed by atoms with E-state index in [2.05, 4.69) is 47.6 Å². The third kappa shape index (κ3) is 3.38. The number of carbonyl (C=O) groups excluding carboxylic acids is 1. The van der Waals surface area contributed by atoms with E-state index in [1.165, 1.54) is 5.56 Å². The van der Waals surface area contributed by atoms with Gasteiger partial charge in [0.1, 0.15) is 5.69 Å². The van der Waals surface area contributed by atoms with Gasteiger partial charge in [0.05, 0.1) is 0 Å². The zero-order valence-corrected chi connectivity index (χ0v) is 15.0. The summed E-state index contributed by atoms with van der Waals surface area (Å²) in [6, 6.07) is 14.5. The van der Waals surface area contributed by atoms with Crippen LogP contribution in [0, 0.1) is 13.8 Å². The summed E-state index contributed by atoms with van der Waals surface area (Å²) in [5, 5.41) is 13.4. The Morgan fingerprint density at radius 2 is 1.88 bits per heavy atom. The molecule has 5 nitrogen and oxygen atoms in total. The quantitative estimate of drug-likeness (QED) is 0.766. The van der Waals surface area contributed by atoms with Gasteiger partial charge in [-0.1, -0.05) is 35.9 Å². The Labute approximate surface area is 152 Å². The first-order chi connectivity index (χ1) is 12.6. The average Bonchev–Trinajstić information content (AvgIpc) is 3.46. The molecule has 3 aromatic rings. The molecule has 0 spiro atoms. The molecule has 0 bridgehead atoms. The van der Waals surface area contributed by atoms with Crippen molar-refractivity contribution < 1.29 is 9.53 Å². The SMILES string of the molecule is Cc1ccc(C)c(-c2nnc(OCC(=O)NC3CC3)c3ccccc23)c1. The highest BCUT2D eigenvalue weighted by molar-refractivity contribution is 5.97. The Bertz CT molecular complexity index is 980. The van der Waals surface area contributed by atoms with E-state index in [1.807, 2.05) is 24.3 Å². The normalized spacial score (nSPS) is 13.6. The van der Waals surface area contributed by atoms with Crippen molar-refractivity contribution in [2.24, 2.45) is 0 Å². The van der Waals surface area contributed by atoms with Gasteiger partial charge in [-0.2, -0.15) is 0 Å². The summed E-state index contributed by atoms with van der Waals surface area (Å²) in [6.07, 6.45) is 2.11. The van der Waals surface area contributed by atoms with Gasteiger partial charge >= 0.3 is 0 Å². The summed E-state index contributed by atoms with van der Waals surface area (Å²) >= 11 is 0. The molecule has 1 aliphatic rings. The van der Waals surface area contributed by atoms with Crippen molar-refractivity contribution in [2.45, 2.75) is 32.7 Å². The van der Waals surface area contributed by atoms with Crippen molar-refractivity contribution in [2.75, 3.05) is 6.61 Å². The predicted octanol–water partition coefficient (Wildman–Crippen LogP) is 3.57. The smallest absolute Gasteiger partial charge is 0.258 e. The Morgan fingerprint density at radius 1 is 1.12 bits per heavy atom. The van der Waals surface area contributed by atoms with E-state index in [-0.39, 0.29) is 12.5 Å². The molecule has 5 heteroatoms. The Hall–Kier alpha value is -2.95. The van der Waals surface area contributed by atoms with Crippen molar-refractivity contribution in [3.05, 3.63) is 53.6 Å². The Kier molecular flexibility index (Phi) is 4.29. The standard InChI is InChI=1S/C21H21N3O2/c1-13-7-8-14(2)18(11-13)20-16-5-3-4-6-17(16)21(24-23-20)26-12-19(25)22-15-9-10-15/h3-8,11,15H,9-10,12H2,1-2H3,(H,22,25). The molecule has 1 N–H and O–H groups in total. The first kappa shape index (κ1) is 16.5. The number of fused-ring (bicyclic) bond motifs is 1. The van der Waals surface area contributed by atoms with E-state index in [0.29, 0.717) is 11.9 Å². The Morgan fingerprint density at radius 3 is 2.65 bits per heavy atom. The summed E-state index contributed by atoms with van der Waals surface area (Å²) < 4.78 is 5.67. The van der Waals surface area contributed by atoms with Crippen LogP contribution >= 0.6 is 0 Å². The number of rotatable bonds is 5. The lowest BCUT2D eigenvalue weighted by atomic mass is 9.99. The van der Waals surface area contributed by atoms with Crippen LogP contribution in [-0.2, 0) is 4.79 Å². The lowest BCUT2D eigenvalue weighted by Gasteiger charge is -2.12. The molecule has 0 radical (unpaired) electrons. The Balaban J connectivity index is 1.69. The monoisotopic (exact) mass is 347 g/mol. The number of carbonyl (C=O) groups is 1. The van der Waals surface area contributed by atoms with Crippen molar-refractivity contribution in [3.63, 3.8) is 0 Å². The van der Waals surface area contributed by atoms with Crippen LogP contribution in [0.3, 0.4) is 0 Å². The summed E-state index contributed by atoms with van der Waals surface area (Å²) in [7, 11) is 0. The fraction of sp³-hybridized carbons (Fsp3) is 0.286. The number of aryl methyl sites for hydroxylation is 2. The molecule has 2 aromatic carbocycles. The number of benzene rings is 2. The molecule has 0 unspecified atom stereocenters. The second kappa shape index (κ2) is 6.75. The van der Waals surface area contributed by atoms with Gasteiger partial charge in [-0.3, -0.25) is 4.79 Å². The maximum Gasteiger partial charge on any atom is 0.258 e. The van der Waals surface area contributed by atoms with Crippen LogP contribution in [0.4, 0.5) is 0 Å². The molecule has 0 atom stereocenters. The average molecular weight is 347 g/mol. The summed E-state index contributed by atoms with van der Waals surface area (Å²) in [6.45, 7) is 4.09. The first-order valence-corrected chi connectivity index (χ1v) is 8.87. The number of hydrogen-bond donors (Lipinski definition) is 1. The van der Waals surface area contributed by atoms with E-state index in [1.54, 1.807) is 0 Å². The van der Waals surface area contributed by atoms with Gasteiger partial charge in [-0.25, -0.2) is 0 Å². The summed E-state index contributed by atoms with van der Waals surface area (Å²) in [4.78, 5) is 11.9. The molecule has 0 saturated heterocycles. The fourth-order valence-corrected chi connectivity index (χ4v) is 3.01. The van der Waals surface area contributed by atoms with Crippen LogP contribution in [0.2, 0.25) is 0 Å². The molecule has 1 heterocycles. The molecule has 0 aliphatic heterocycles. The molecule has 26 heavy (non-hydrogen) atoms. The van der Waals surface area contributed by atoms with E-state index in [4.69, 9.17) is 4.74 Å². The second-order valence-corrected chi connectivity index (χ2v) is 6.85. The largest absolute Gasteiger partial charge is 0.466 e. The third-order valence-electron chi connectivity index (χ3n) is 4.58. The number of amides is 1. The van der Waals surface area contributed by atoms with Crippen molar-refractivity contribution in [1.82, 2.24) is 15.5 Å². The van der Waals surface area contributed by atoms with Gasteiger partial charge in [0.15, 0.2) is 6.61 Å². The maximum atomic E-state index is 11.9. The second-order valence-electron chi connectivity index (χ2n) is 6.85. The topological polar surface area (TPSA) is 64.1 Å². The highest BCUT2D eigenvalue weighted by Crippen LogP contribution is 2.32. The zero-order chi connectivity index (χ0) is 18.1. The molecule has 1 saturated carbocycles. The minimum atomic E-state index is -0.114. The summed E-state index contributed by atoms with van der Waals surface area (Å²) in [5.74, 6) is 0.276. The van der Waals surface area contributed by atoms with Gasteiger partial charge in [0, 0.05) is 22.4 Å². The number of aromatic nitrogens is 2. The molecule has 1 amide bonds. The zero-order valence-electron chi connectivity index (χ0n) is 15.0. The highest BCUT2D eigenvalue weighted by atomic mass is 16.5. The van der Waals surface area contributed by atoms with E-state index >= 15 is 0 Å². The van der Waals surface area contributed by atoms with Crippen LogP contribution in [0.15, 0.2) is 42.5 Å². The number of ether oxygens (including phenoxy) is 1. The minimum Gasteiger partial charge on any atom is -0.466 e. The molecule has 1 aromatic heterocycles. The first-order valence-electron chi connectivity index (χ1n) is 8.87. The van der Waals surface area contributed by atoms with Gasteiger partial charge in [0.2, 0.25) is 5.88 Å². The minimum absolute atomic E-state index is 0.0437. The van der Waals surface area contributed by atoms with Crippen molar-refractivity contribution in [1.29, 1.82) is 0 Å². The number of hydrogen-bond acceptors (Lipinski definition) is 4. The van der Waals surface area contributed by atoms with E-state index < -0.39 is 0 Å². The van der Waals surface area contributed by atoms with Crippen molar-refractivity contribution in [3.8, 4) is 17.1 Å². The lowest BCUT2D eigenvalue weighted by Crippen LogP contribution is -2.30.